The van der Waals surface area contributed by atoms with Crippen LogP contribution in [0, 0.1) is 5.41 Å². The van der Waals surface area contributed by atoms with Crippen molar-refractivity contribution in [3.05, 3.63) is 22.3 Å². The Labute approximate surface area is 98.4 Å². The SMILES string of the molecule is CC(P)/C=c1/cnnc(C(C)C)/c1=C/C=N. The van der Waals surface area contributed by atoms with Crippen molar-refractivity contribution in [2.24, 2.45) is 0 Å². The van der Waals surface area contributed by atoms with E-state index < -0.39 is 0 Å². The second-order valence-electron chi connectivity index (χ2n) is 4.11. The Bertz CT molecular complexity index is 478. The topological polar surface area (TPSA) is 49.6 Å². The maximum absolute atomic E-state index is 7.21. The van der Waals surface area contributed by atoms with Crippen LogP contribution in [0.5, 0.6) is 0 Å². The van der Waals surface area contributed by atoms with Crippen LogP contribution < -0.4 is 10.4 Å². The highest BCUT2D eigenvalue weighted by atomic mass is 31.0. The number of nitrogens with zero attached hydrogens (tertiary/aromatic N) is 2. The van der Waals surface area contributed by atoms with E-state index in [1.807, 2.05) is 0 Å². The fourth-order valence-corrected chi connectivity index (χ4v) is 1.74. The van der Waals surface area contributed by atoms with Gasteiger partial charge >= 0.3 is 0 Å². The third-order valence-corrected chi connectivity index (χ3v) is 2.38. The predicted molar refractivity (Wildman–Crippen MR) is 72.3 cm³/mol. The molecule has 16 heavy (non-hydrogen) atoms. The molecule has 2 unspecified atom stereocenters. The van der Waals surface area contributed by atoms with E-state index in [2.05, 4.69) is 46.3 Å². The summed E-state index contributed by atoms with van der Waals surface area (Å²) in [7, 11) is 2.73. The van der Waals surface area contributed by atoms with E-state index in [9.17, 15) is 0 Å². The molecular formula is C12H18N3P. The first kappa shape index (κ1) is 13.0. The molecule has 0 saturated carbocycles. The van der Waals surface area contributed by atoms with Gasteiger partial charge in [0.25, 0.3) is 0 Å². The quantitative estimate of drug-likeness (QED) is 0.629. The lowest BCUT2D eigenvalue weighted by atomic mass is 10.1. The molecular weight excluding hydrogens is 217 g/mol. The van der Waals surface area contributed by atoms with E-state index in [1.54, 1.807) is 12.3 Å². The normalized spacial score (nSPS) is 15.6. The van der Waals surface area contributed by atoms with Gasteiger partial charge in [-0.3, -0.25) is 0 Å². The summed E-state index contributed by atoms with van der Waals surface area (Å²) < 4.78 is 0. The second-order valence-corrected chi connectivity index (χ2v) is 5.16. The summed E-state index contributed by atoms with van der Waals surface area (Å²) in [6.07, 6.45) is 6.94. The van der Waals surface area contributed by atoms with E-state index in [0.29, 0.717) is 11.6 Å². The van der Waals surface area contributed by atoms with Crippen LogP contribution >= 0.6 is 9.24 Å². The Hall–Kier alpha value is -1.08. The minimum Gasteiger partial charge on any atom is -0.309 e. The zero-order valence-electron chi connectivity index (χ0n) is 9.94. The molecule has 0 amide bonds. The molecule has 0 aliphatic heterocycles. The molecule has 0 radical (unpaired) electrons. The molecule has 0 bridgehead atoms. The number of nitrogens with one attached hydrogen (secondary N) is 1. The first-order valence-electron chi connectivity index (χ1n) is 5.36. The maximum atomic E-state index is 7.21. The molecule has 1 heterocycles. The lowest BCUT2D eigenvalue weighted by Crippen LogP contribution is -2.32. The Morgan fingerprint density at radius 3 is 2.56 bits per heavy atom. The van der Waals surface area contributed by atoms with Gasteiger partial charge in [-0.25, -0.2) is 0 Å². The smallest absolute Gasteiger partial charge is 0.0735 e. The zero-order valence-corrected chi connectivity index (χ0v) is 11.1. The molecule has 86 valence electrons. The summed E-state index contributed by atoms with van der Waals surface area (Å²) in [6, 6.07) is 0. The number of rotatable bonds is 3. The van der Waals surface area contributed by atoms with Crippen LogP contribution in [-0.4, -0.2) is 22.1 Å². The maximum Gasteiger partial charge on any atom is 0.0735 e. The summed E-state index contributed by atoms with van der Waals surface area (Å²) in [6.45, 7) is 6.26. The van der Waals surface area contributed by atoms with E-state index in [1.165, 1.54) is 6.21 Å². The minimum atomic E-state index is 0.312. The van der Waals surface area contributed by atoms with E-state index in [-0.39, 0.29) is 0 Å². The third-order valence-electron chi connectivity index (χ3n) is 2.19. The van der Waals surface area contributed by atoms with Crippen LogP contribution in [0.15, 0.2) is 6.20 Å². The summed E-state index contributed by atoms with van der Waals surface area (Å²) >= 11 is 0. The van der Waals surface area contributed by atoms with E-state index >= 15 is 0 Å². The summed E-state index contributed by atoms with van der Waals surface area (Å²) in [5.74, 6) is 0.312. The Kier molecular flexibility index (Phi) is 4.75. The highest BCUT2D eigenvalue weighted by Gasteiger charge is 2.04. The Morgan fingerprint density at radius 1 is 1.38 bits per heavy atom. The minimum absolute atomic E-state index is 0.312. The highest BCUT2D eigenvalue weighted by molar-refractivity contribution is 7.18. The molecule has 0 fully saturated rings. The fraction of sp³-hybridized carbons (Fsp3) is 0.417. The van der Waals surface area contributed by atoms with Gasteiger partial charge in [0.1, 0.15) is 0 Å². The highest BCUT2D eigenvalue weighted by Crippen LogP contribution is 2.03. The van der Waals surface area contributed by atoms with Crippen molar-refractivity contribution in [2.45, 2.75) is 32.3 Å². The van der Waals surface area contributed by atoms with Crippen molar-refractivity contribution in [2.75, 3.05) is 0 Å². The van der Waals surface area contributed by atoms with Gasteiger partial charge in [0, 0.05) is 16.7 Å². The summed E-state index contributed by atoms with van der Waals surface area (Å²) in [4.78, 5) is 0. The molecule has 0 saturated heterocycles. The first-order valence-corrected chi connectivity index (χ1v) is 6.02. The molecule has 0 aliphatic carbocycles. The Morgan fingerprint density at radius 2 is 2.06 bits per heavy atom. The molecule has 0 aromatic carbocycles. The van der Waals surface area contributed by atoms with E-state index in [4.69, 9.17) is 5.41 Å². The van der Waals surface area contributed by atoms with Gasteiger partial charge in [0.05, 0.1) is 11.9 Å². The lowest BCUT2D eigenvalue weighted by Gasteiger charge is -2.04. The van der Waals surface area contributed by atoms with Crippen LogP contribution in [0.4, 0.5) is 0 Å². The van der Waals surface area contributed by atoms with Gasteiger partial charge < -0.3 is 5.41 Å². The van der Waals surface area contributed by atoms with Gasteiger partial charge in [-0.15, -0.1) is 9.24 Å². The second kappa shape index (κ2) is 5.86. The van der Waals surface area contributed by atoms with Crippen LogP contribution in [0.2, 0.25) is 0 Å². The van der Waals surface area contributed by atoms with Gasteiger partial charge in [-0.05, 0) is 17.7 Å². The average Bonchev–Trinajstić information content (AvgIpc) is 2.19. The van der Waals surface area contributed by atoms with Crippen LogP contribution in [0.25, 0.3) is 12.2 Å². The summed E-state index contributed by atoms with van der Waals surface area (Å²) in [5.41, 5.74) is 1.32. The molecule has 4 heteroatoms. The van der Waals surface area contributed by atoms with Crippen molar-refractivity contribution in [3.63, 3.8) is 0 Å². The number of hydrogen-bond acceptors (Lipinski definition) is 3. The van der Waals surface area contributed by atoms with Crippen molar-refractivity contribution in [1.82, 2.24) is 10.2 Å². The number of hydrogen-bond donors (Lipinski definition) is 1. The molecule has 1 rings (SSSR count). The van der Waals surface area contributed by atoms with Gasteiger partial charge in [-0.1, -0.05) is 26.8 Å². The van der Waals surface area contributed by atoms with Crippen LogP contribution in [0.3, 0.4) is 0 Å². The third kappa shape index (κ3) is 3.21. The van der Waals surface area contributed by atoms with Gasteiger partial charge in [-0.2, -0.15) is 10.2 Å². The van der Waals surface area contributed by atoms with Gasteiger partial charge in [0.15, 0.2) is 0 Å². The molecule has 0 aliphatic rings. The van der Waals surface area contributed by atoms with Gasteiger partial charge in [0.2, 0.25) is 0 Å². The monoisotopic (exact) mass is 235 g/mol. The van der Waals surface area contributed by atoms with Crippen molar-refractivity contribution in [3.8, 4) is 0 Å². The standard InChI is InChI=1S/C12H18N3P/c1-8(2)12-11(4-5-13)10(6-9(3)16)7-14-15-12/h4-9,13H,16H2,1-3H3/b10-6-,11-4+,13-5?. The number of aromatic nitrogens is 2. The Balaban J connectivity index is 3.58. The summed E-state index contributed by atoms with van der Waals surface area (Å²) in [5, 5.41) is 17.4. The van der Waals surface area contributed by atoms with Crippen LogP contribution in [0.1, 0.15) is 32.4 Å². The van der Waals surface area contributed by atoms with Crippen LogP contribution in [-0.2, 0) is 0 Å². The predicted octanol–water partition coefficient (Wildman–Crippen LogP) is 1.07. The molecule has 0 spiro atoms. The largest absolute Gasteiger partial charge is 0.309 e. The molecule has 1 aromatic heterocycles. The lowest BCUT2D eigenvalue weighted by molar-refractivity contribution is 0.771. The van der Waals surface area contributed by atoms with Crippen molar-refractivity contribution < 1.29 is 0 Å². The molecule has 1 N–H and O–H groups in total. The molecule has 1 aromatic rings. The van der Waals surface area contributed by atoms with E-state index in [0.717, 1.165) is 16.1 Å². The molecule has 2 atom stereocenters. The van der Waals surface area contributed by atoms with Crippen molar-refractivity contribution in [1.29, 1.82) is 5.41 Å². The van der Waals surface area contributed by atoms with Crippen molar-refractivity contribution >= 4 is 27.6 Å². The fourth-order valence-electron chi connectivity index (χ4n) is 1.53. The molecule has 3 nitrogen and oxygen atoms in total. The zero-order chi connectivity index (χ0) is 12.1. The average molecular weight is 235 g/mol. The first-order chi connectivity index (χ1) is 7.56.